The molecule has 1 atom stereocenters. The Morgan fingerprint density at radius 1 is 1.11 bits per heavy atom. The van der Waals surface area contributed by atoms with Gasteiger partial charge in [-0.05, 0) is 80.5 Å². The lowest BCUT2D eigenvalue weighted by Crippen LogP contribution is -2.47. The lowest BCUT2D eigenvalue weighted by Gasteiger charge is -2.40. The molecule has 2 aliphatic rings. The van der Waals surface area contributed by atoms with E-state index in [1.165, 1.54) is 12.1 Å². The summed E-state index contributed by atoms with van der Waals surface area (Å²) < 4.78 is 13.5. The van der Waals surface area contributed by atoms with Crippen molar-refractivity contribution in [2.24, 2.45) is 0 Å². The quantitative estimate of drug-likeness (QED) is 0.437. The molecule has 1 amide bonds. The van der Waals surface area contributed by atoms with Crippen LogP contribution in [0.3, 0.4) is 0 Å². The molecule has 0 saturated carbocycles. The van der Waals surface area contributed by atoms with Gasteiger partial charge >= 0.3 is 0 Å². The first-order valence-electron chi connectivity index (χ1n) is 14.0. The standard InChI is InChI=1S/C32H42FN3O2/c1-4-9-30(31(37)36-20-8-11-28(17-21-36)35-22-18-32(3,38)19-23-35)34(5-2)24-26-10-6-7-12-29(26)25-13-15-27(33)16-14-25/h5-7,9-10,12-16,28,38H,2,4,8,11,17-24H2,1,3H3/b30-9-. The zero-order chi connectivity index (χ0) is 27.1. The lowest BCUT2D eigenvalue weighted by atomic mass is 9.92. The van der Waals surface area contributed by atoms with Gasteiger partial charge in [-0.2, -0.15) is 0 Å². The molecule has 2 aromatic rings. The minimum atomic E-state index is -0.549. The van der Waals surface area contributed by atoms with Crippen LogP contribution in [0.5, 0.6) is 0 Å². The molecule has 1 N–H and O–H groups in total. The Morgan fingerprint density at radius 2 is 1.82 bits per heavy atom. The molecule has 0 radical (unpaired) electrons. The Morgan fingerprint density at radius 3 is 2.50 bits per heavy atom. The number of carbonyl (C=O) groups is 1. The van der Waals surface area contributed by atoms with E-state index in [9.17, 15) is 14.3 Å². The monoisotopic (exact) mass is 519 g/mol. The number of piperidine rings is 1. The summed E-state index contributed by atoms with van der Waals surface area (Å²) in [4.78, 5) is 20.3. The molecular formula is C32H42FN3O2. The number of rotatable bonds is 8. The van der Waals surface area contributed by atoms with Crippen molar-refractivity contribution in [2.45, 2.75) is 70.6 Å². The molecule has 1 unspecified atom stereocenters. The highest BCUT2D eigenvalue weighted by molar-refractivity contribution is 5.93. The molecule has 2 fully saturated rings. The number of hydrogen-bond donors (Lipinski definition) is 1. The van der Waals surface area contributed by atoms with Crippen LogP contribution in [0.1, 0.15) is 57.9 Å². The Labute approximate surface area is 227 Å². The highest BCUT2D eigenvalue weighted by Gasteiger charge is 2.33. The third-order valence-corrected chi connectivity index (χ3v) is 8.04. The molecule has 0 spiro atoms. The fourth-order valence-corrected chi connectivity index (χ4v) is 5.70. The summed E-state index contributed by atoms with van der Waals surface area (Å²) in [5.41, 5.74) is 3.11. The number of aliphatic hydroxyl groups is 1. The topological polar surface area (TPSA) is 47.0 Å². The first kappa shape index (κ1) is 28.1. The van der Waals surface area contributed by atoms with Gasteiger partial charge in [-0.25, -0.2) is 4.39 Å². The van der Waals surface area contributed by atoms with E-state index in [1.807, 2.05) is 47.9 Å². The van der Waals surface area contributed by atoms with E-state index in [0.29, 0.717) is 18.3 Å². The van der Waals surface area contributed by atoms with Gasteiger partial charge in [0.2, 0.25) is 0 Å². The number of likely N-dealkylation sites (tertiary alicyclic amines) is 2. The fraction of sp³-hybridized carbons (Fsp3) is 0.469. The van der Waals surface area contributed by atoms with E-state index in [2.05, 4.69) is 17.5 Å². The fourth-order valence-electron chi connectivity index (χ4n) is 5.70. The number of carbonyl (C=O) groups excluding carboxylic acids is 1. The molecule has 2 heterocycles. The third kappa shape index (κ3) is 6.91. The van der Waals surface area contributed by atoms with Crippen LogP contribution in [-0.2, 0) is 11.3 Å². The number of hydrogen-bond acceptors (Lipinski definition) is 4. The van der Waals surface area contributed by atoms with Crippen LogP contribution in [0, 0.1) is 5.82 Å². The van der Waals surface area contributed by atoms with Crippen molar-refractivity contribution < 1.29 is 14.3 Å². The summed E-state index contributed by atoms with van der Waals surface area (Å²) in [5, 5.41) is 10.3. The van der Waals surface area contributed by atoms with Crippen LogP contribution in [0.4, 0.5) is 4.39 Å². The number of benzene rings is 2. The molecule has 5 nitrogen and oxygen atoms in total. The van der Waals surface area contributed by atoms with Crippen molar-refractivity contribution in [2.75, 3.05) is 26.2 Å². The summed E-state index contributed by atoms with van der Waals surface area (Å²) in [6, 6.07) is 15.0. The van der Waals surface area contributed by atoms with Gasteiger partial charge in [0.15, 0.2) is 0 Å². The number of allylic oxidation sites excluding steroid dienone is 1. The van der Waals surface area contributed by atoms with Crippen molar-refractivity contribution in [3.8, 4) is 11.1 Å². The largest absolute Gasteiger partial charge is 0.390 e. The minimum Gasteiger partial charge on any atom is -0.390 e. The van der Waals surface area contributed by atoms with Crippen molar-refractivity contribution >= 4 is 5.91 Å². The van der Waals surface area contributed by atoms with Crippen molar-refractivity contribution in [3.63, 3.8) is 0 Å². The van der Waals surface area contributed by atoms with E-state index >= 15 is 0 Å². The highest BCUT2D eigenvalue weighted by atomic mass is 19.1. The second-order valence-electron chi connectivity index (χ2n) is 10.9. The molecule has 4 rings (SSSR count). The first-order chi connectivity index (χ1) is 18.3. The number of amides is 1. The van der Waals surface area contributed by atoms with Crippen LogP contribution in [0.2, 0.25) is 0 Å². The van der Waals surface area contributed by atoms with Gasteiger partial charge in [0.05, 0.1) is 5.60 Å². The van der Waals surface area contributed by atoms with Crippen molar-refractivity contribution in [1.29, 1.82) is 0 Å². The molecule has 0 aromatic heterocycles. The third-order valence-electron chi connectivity index (χ3n) is 8.04. The molecule has 2 saturated heterocycles. The molecule has 6 heteroatoms. The van der Waals surface area contributed by atoms with Gasteiger partial charge in [0, 0.05) is 38.8 Å². The molecule has 2 aliphatic heterocycles. The summed E-state index contributed by atoms with van der Waals surface area (Å²) in [5.74, 6) is -0.210. The van der Waals surface area contributed by atoms with Gasteiger partial charge in [0.25, 0.3) is 5.91 Å². The van der Waals surface area contributed by atoms with E-state index in [-0.39, 0.29) is 11.7 Å². The maximum Gasteiger partial charge on any atom is 0.270 e. The van der Waals surface area contributed by atoms with E-state index in [4.69, 9.17) is 0 Å². The Balaban J connectivity index is 1.47. The molecule has 0 bridgehead atoms. The second-order valence-corrected chi connectivity index (χ2v) is 10.9. The lowest BCUT2D eigenvalue weighted by molar-refractivity contribution is -0.128. The van der Waals surface area contributed by atoms with Gasteiger partial charge in [-0.15, -0.1) is 0 Å². The first-order valence-corrected chi connectivity index (χ1v) is 14.0. The predicted molar refractivity (Wildman–Crippen MR) is 152 cm³/mol. The van der Waals surface area contributed by atoms with Crippen LogP contribution in [-0.4, -0.2) is 63.5 Å². The van der Waals surface area contributed by atoms with Gasteiger partial charge < -0.3 is 19.8 Å². The van der Waals surface area contributed by atoms with Gasteiger partial charge in [0.1, 0.15) is 11.5 Å². The molecule has 0 aliphatic carbocycles. The average Bonchev–Trinajstić information content (AvgIpc) is 3.17. The summed E-state index contributed by atoms with van der Waals surface area (Å²) in [6.07, 6.45) is 9.11. The van der Waals surface area contributed by atoms with Gasteiger partial charge in [-0.3, -0.25) is 4.79 Å². The Kier molecular flexibility index (Phi) is 9.40. The van der Waals surface area contributed by atoms with Gasteiger partial charge in [-0.1, -0.05) is 56.0 Å². The predicted octanol–water partition coefficient (Wildman–Crippen LogP) is 5.96. The van der Waals surface area contributed by atoms with Crippen molar-refractivity contribution in [1.82, 2.24) is 14.7 Å². The molecule has 204 valence electrons. The zero-order valence-corrected chi connectivity index (χ0v) is 22.9. The minimum absolute atomic E-state index is 0.0493. The normalized spacial score (nSPS) is 20.6. The Bertz CT molecular complexity index is 1120. The summed E-state index contributed by atoms with van der Waals surface area (Å²) in [6.45, 7) is 11.8. The van der Waals surface area contributed by atoms with Crippen molar-refractivity contribution in [3.05, 3.63) is 84.5 Å². The molecule has 38 heavy (non-hydrogen) atoms. The maximum absolute atomic E-state index is 13.9. The number of halogens is 1. The zero-order valence-electron chi connectivity index (χ0n) is 22.9. The number of nitrogens with zero attached hydrogens (tertiary/aromatic N) is 3. The van der Waals surface area contributed by atoms with Crippen LogP contribution in [0.25, 0.3) is 11.1 Å². The summed E-state index contributed by atoms with van der Waals surface area (Å²) in [7, 11) is 0. The molecule has 2 aromatic carbocycles. The van der Waals surface area contributed by atoms with E-state index in [1.54, 1.807) is 18.3 Å². The second kappa shape index (κ2) is 12.7. The van der Waals surface area contributed by atoms with E-state index < -0.39 is 5.60 Å². The SMILES string of the molecule is C=CN(Cc1ccccc1-c1ccc(F)cc1)/C(=C\CC)C(=O)N1CCCC(N2CCC(C)(O)CC2)CC1. The molecular weight excluding hydrogens is 477 g/mol. The Hall–Kier alpha value is -2.96. The summed E-state index contributed by atoms with van der Waals surface area (Å²) >= 11 is 0. The van der Waals surface area contributed by atoms with Crippen LogP contribution >= 0.6 is 0 Å². The highest BCUT2D eigenvalue weighted by Crippen LogP contribution is 2.29. The maximum atomic E-state index is 13.9. The van der Waals surface area contributed by atoms with E-state index in [0.717, 1.165) is 81.4 Å². The average molecular weight is 520 g/mol. The van der Waals surface area contributed by atoms with Crippen LogP contribution in [0.15, 0.2) is 73.1 Å². The van der Waals surface area contributed by atoms with Crippen LogP contribution < -0.4 is 0 Å². The smallest absolute Gasteiger partial charge is 0.270 e.